The van der Waals surface area contributed by atoms with Crippen molar-refractivity contribution in [1.29, 1.82) is 0 Å². The molecule has 0 bridgehead atoms. The van der Waals surface area contributed by atoms with Gasteiger partial charge in [0.1, 0.15) is 0 Å². The Hall–Kier alpha value is -2.57. The van der Waals surface area contributed by atoms with Crippen molar-refractivity contribution in [2.75, 3.05) is 10.6 Å². The Bertz CT molecular complexity index is 732. The summed E-state index contributed by atoms with van der Waals surface area (Å²) in [5.41, 5.74) is 6.38. The number of nitrogen functional groups attached to an aromatic ring is 1. The van der Waals surface area contributed by atoms with Gasteiger partial charge in [-0.25, -0.2) is 9.89 Å². The Balaban J connectivity index is 1.93. The minimum Gasteiger partial charge on any atom is -0.399 e. The number of nitrogens with two attached hydrogens (primary N) is 1. The first-order valence-electron chi connectivity index (χ1n) is 6.43. The largest absolute Gasteiger partial charge is 0.399 e. The molecule has 0 aliphatic heterocycles. The molecule has 0 amide bonds. The molecule has 0 saturated heterocycles. The van der Waals surface area contributed by atoms with Gasteiger partial charge in [-0.15, -0.1) is 5.10 Å². The van der Waals surface area contributed by atoms with E-state index in [1.165, 1.54) is 0 Å². The lowest BCUT2D eigenvalue weighted by Gasteiger charge is -2.22. The number of aromatic amines is 2. The van der Waals surface area contributed by atoms with Crippen LogP contribution in [0.5, 0.6) is 0 Å². The summed E-state index contributed by atoms with van der Waals surface area (Å²) in [6.07, 6.45) is 2.03. The van der Waals surface area contributed by atoms with Crippen LogP contribution in [0.4, 0.5) is 11.5 Å². The van der Waals surface area contributed by atoms with Gasteiger partial charge in [-0.1, -0.05) is 12.1 Å². The lowest BCUT2D eigenvalue weighted by Crippen LogP contribution is -2.35. The molecule has 2 aromatic rings. The molecule has 4 N–H and O–H groups in total. The summed E-state index contributed by atoms with van der Waals surface area (Å²) in [5, 5.41) is 6.14. The highest BCUT2D eigenvalue weighted by Gasteiger charge is 2.31. The van der Waals surface area contributed by atoms with Crippen molar-refractivity contribution in [3.05, 3.63) is 50.7 Å². The Morgan fingerprint density at radius 2 is 2.15 bits per heavy atom. The van der Waals surface area contributed by atoms with E-state index >= 15 is 0 Å². The first-order chi connectivity index (χ1) is 9.63. The molecule has 1 aliphatic carbocycles. The quantitative estimate of drug-likeness (QED) is 0.690. The minimum absolute atomic E-state index is 0.245. The first kappa shape index (κ1) is 12.5. The van der Waals surface area contributed by atoms with Crippen LogP contribution in [-0.4, -0.2) is 21.2 Å². The summed E-state index contributed by atoms with van der Waals surface area (Å²) in [5.74, 6) is 0.245. The van der Waals surface area contributed by atoms with Gasteiger partial charge in [0, 0.05) is 18.3 Å². The molecule has 0 spiro atoms. The predicted molar refractivity (Wildman–Crippen MR) is 75.5 cm³/mol. The molecular weight excluding hydrogens is 258 g/mol. The topological polar surface area (TPSA) is 108 Å². The van der Waals surface area contributed by atoms with E-state index in [1.807, 2.05) is 29.2 Å². The highest BCUT2D eigenvalue weighted by molar-refractivity contribution is 5.44. The van der Waals surface area contributed by atoms with E-state index < -0.39 is 11.2 Å². The molecule has 1 aromatic heterocycles. The molecule has 1 fully saturated rings. The van der Waals surface area contributed by atoms with E-state index in [1.54, 1.807) is 0 Å². The van der Waals surface area contributed by atoms with Crippen LogP contribution >= 0.6 is 0 Å². The highest BCUT2D eigenvalue weighted by atomic mass is 16.2. The maximum absolute atomic E-state index is 11.9. The lowest BCUT2D eigenvalue weighted by atomic mass is 10.2. The van der Waals surface area contributed by atoms with Crippen LogP contribution in [0, 0.1) is 0 Å². The van der Waals surface area contributed by atoms with Crippen molar-refractivity contribution in [2.24, 2.45) is 0 Å². The average molecular weight is 273 g/mol. The fourth-order valence-corrected chi connectivity index (χ4v) is 2.19. The zero-order valence-corrected chi connectivity index (χ0v) is 10.8. The van der Waals surface area contributed by atoms with Gasteiger partial charge < -0.3 is 10.6 Å². The number of aromatic nitrogens is 3. The Kier molecular flexibility index (Phi) is 3.02. The molecule has 1 saturated carbocycles. The smallest absolute Gasteiger partial charge is 0.342 e. The summed E-state index contributed by atoms with van der Waals surface area (Å²) in [4.78, 5) is 27.0. The second-order valence-corrected chi connectivity index (χ2v) is 4.93. The Morgan fingerprint density at radius 3 is 2.80 bits per heavy atom. The number of nitrogens with one attached hydrogen (secondary N) is 2. The van der Waals surface area contributed by atoms with Crippen LogP contribution in [-0.2, 0) is 6.54 Å². The Morgan fingerprint density at radius 1 is 1.35 bits per heavy atom. The molecular formula is C13H15N5O2. The van der Waals surface area contributed by atoms with Crippen LogP contribution in [0.15, 0.2) is 33.9 Å². The van der Waals surface area contributed by atoms with Crippen molar-refractivity contribution in [1.82, 2.24) is 15.2 Å². The van der Waals surface area contributed by atoms with E-state index in [9.17, 15) is 9.59 Å². The van der Waals surface area contributed by atoms with Gasteiger partial charge in [0.2, 0.25) is 5.82 Å². The van der Waals surface area contributed by atoms with Crippen molar-refractivity contribution in [3.8, 4) is 0 Å². The summed E-state index contributed by atoms with van der Waals surface area (Å²) in [6, 6.07) is 7.80. The van der Waals surface area contributed by atoms with E-state index in [-0.39, 0.29) is 11.9 Å². The molecule has 1 aromatic carbocycles. The van der Waals surface area contributed by atoms with E-state index in [0.717, 1.165) is 18.4 Å². The number of hydrogen-bond donors (Lipinski definition) is 3. The number of rotatable bonds is 4. The molecule has 7 nitrogen and oxygen atoms in total. The van der Waals surface area contributed by atoms with Crippen molar-refractivity contribution in [2.45, 2.75) is 25.4 Å². The van der Waals surface area contributed by atoms with Crippen LogP contribution in [0.1, 0.15) is 18.4 Å². The third kappa shape index (κ3) is 2.56. The van der Waals surface area contributed by atoms with Gasteiger partial charge in [0.05, 0.1) is 0 Å². The van der Waals surface area contributed by atoms with E-state index in [2.05, 4.69) is 15.2 Å². The standard InChI is InChI=1S/C13H15N5O2/c14-9-3-1-2-8(6-9)7-18(10-4-5-10)11-12(19)15-13(20)17-16-11/h1-3,6,10H,4-5,7,14H2,(H2,15,17,19,20). The molecule has 7 heteroatoms. The number of anilines is 2. The van der Waals surface area contributed by atoms with E-state index in [4.69, 9.17) is 5.73 Å². The molecule has 0 unspecified atom stereocenters. The molecule has 0 atom stereocenters. The second kappa shape index (κ2) is 4.84. The number of nitrogens with zero attached hydrogens (tertiary/aromatic N) is 2. The third-order valence-electron chi connectivity index (χ3n) is 3.26. The van der Waals surface area contributed by atoms with Crippen LogP contribution in [0.3, 0.4) is 0 Å². The molecule has 1 aliphatic rings. The van der Waals surface area contributed by atoms with Gasteiger partial charge >= 0.3 is 5.69 Å². The van der Waals surface area contributed by atoms with E-state index in [0.29, 0.717) is 12.2 Å². The molecule has 1 heterocycles. The first-order valence-corrected chi connectivity index (χ1v) is 6.43. The third-order valence-corrected chi connectivity index (χ3v) is 3.26. The molecule has 3 rings (SSSR count). The SMILES string of the molecule is Nc1cccc(CN(c2n[nH]c(=O)[nH]c2=O)C2CC2)c1. The fourth-order valence-electron chi connectivity index (χ4n) is 2.19. The molecule has 104 valence electrons. The van der Waals surface area contributed by atoms with Crippen LogP contribution in [0.2, 0.25) is 0 Å². The Labute approximate surface area is 114 Å². The average Bonchev–Trinajstić information content (AvgIpc) is 3.21. The summed E-state index contributed by atoms with van der Waals surface area (Å²) < 4.78 is 0. The maximum atomic E-state index is 11.9. The lowest BCUT2D eigenvalue weighted by molar-refractivity contribution is 0.740. The second-order valence-electron chi connectivity index (χ2n) is 4.93. The van der Waals surface area contributed by atoms with Gasteiger partial charge in [-0.2, -0.15) is 0 Å². The summed E-state index contributed by atoms with van der Waals surface area (Å²) in [6.45, 7) is 0.540. The molecule has 0 radical (unpaired) electrons. The van der Waals surface area contributed by atoms with Gasteiger partial charge in [-0.3, -0.25) is 9.78 Å². The maximum Gasteiger partial charge on any atom is 0.342 e. The van der Waals surface area contributed by atoms with Gasteiger partial charge in [0.25, 0.3) is 5.56 Å². The van der Waals surface area contributed by atoms with Crippen LogP contribution < -0.4 is 21.9 Å². The predicted octanol–water partition coefficient (Wildman–Crippen LogP) is 0.209. The van der Waals surface area contributed by atoms with Crippen molar-refractivity contribution < 1.29 is 0 Å². The summed E-state index contributed by atoms with van der Waals surface area (Å²) in [7, 11) is 0. The molecule has 20 heavy (non-hydrogen) atoms. The summed E-state index contributed by atoms with van der Waals surface area (Å²) >= 11 is 0. The van der Waals surface area contributed by atoms with Crippen molar-refractivity contribution in [3.63, 3.8) is 0 Å². The van der Waals surface area contributed by atoms with Gasteiger partial charge in [0.15, 0.2) is 0 Å². The van der Waals surface area contributed by atoms with Gasteiger partial charge in [-0.05, 0) is 30.5 Å². The normalized spacial score (nSPS) is 14.2. The van der Waals surface area contributed by atoms with Crippen molar-refractivity contribution >= 4 is 11.5 Å². The van der Waals surface area contributed by atoms with Crippen LogP contribution in [0.25, 0.3) is 0 Å². The number of H-pyrrole nitrogens is 2. The number of benzene rings is 1. The fraction of sp³-hybridized carbons (Fsp3) is 0.308. The zero-order valence-electron chi connectivity index (χ0n) is 10.8. The number of hydrogen-bond acceptors (Lipinski definition) is 5. The zero-order chi connectivity index (χ0) is 14.1. The highest BCUT2D eigenvalue weighted by Crippen LogP contribution is 2.30. The monoisotopic (exact) mass is 273 g/mol. The minimum atomic E-state index is -0.599.